The lowest BCUT2D eigenvalue weighted by Gasteiger charge is -2.38. The second-order valence-electron chi connectivity index (χ2n) is 5.98. The summed E-state index contributed by atoms with van der Waals surface area (Å²) in [6, 6.07) is -0.0471. The van der Waals surface area contributed by atoms with E-state index in [-0.39, 0.29) is 24.0 Å². The number of methoxy groups -OCH3 is 1. The summed E-state index contributed by atoms with van der Waals surface area (Å²) in [4.78, 5) is 12.1. The normalized spacial score (nSPS) is 35.4. The van der Waals surface area contributed by atoms with Crippen LogP contribution in [0.2, 0.25) is 0 Å². The lowest BCUT2D eigenvalue weighted by atomic mass is 9.70. The van der Waals surface area contributed by atoms with Gasteiger partial charge in [0.2, 0.25) is 5.91 Å². The van der Waals surface area contributed by atoms with Gasteiger partial charge >= 0.3 is 0 Å². The van der Waals surface area contributed by atoms with E-state index in [1.165, 1.54) is 19.3 Å². The third-order valence-corrected chi connectivity index (χ3v) is 4.49. The maximum absolute atomic E-state index is 12.1. The van der Waals surface area contributed by atoms with Crippen molar-refractivity contribution in [2.45, 2.75) is 51.2 Å². The van der Waals surface area contributed by atoms with Gasteiger partial charge in [-0.15, -0.1) is 0 Å². The van der Waals surface area contributed by atoms with Gasteiger partial charge in [0, 0.05) is 19.7 Å². The molecule has 0 unspecified atom stereocenters. The Hall–Kier alpha value is -0.610. The summed E-state index contributed by atoms with van der Waals surface area (Å²) < 4.78 is 5.28. The summed E-state index contributed by atoms with van der Waals surface area (Å²) in [5, 5.41) is 3.07. The average molecular weight is 240 g/mol. The molecule has 2 saturated carbocycles. The van der Waals surface area contributed by atoms with Crippen LogP contribution in [0.3, 0.4) is 0 Å². The lowest BCUT2D eigenvalue weighted by Crippen LogP contribution is -2.44. The summed E-state index contributed by atoms with van der Waals surface area (Å²) in [7, 11) is 1.69. The van der Waals surface area contributed by atoms with E-state index in [2.05, 4.69) is 12.2 Å². The van der Waals surface area contributed by atoms with Crippen molar-refractivity contribution in [3.63, 3.8) is 0 Å². The van der Waals surface area contributed by atoms with Gasteiger partial charge in [-0.1, -0.05) is 13.3 Å². The van der Waals surface area contributed by atoms with Crippen LogP contribution < -0.4 is 11.1 Å². The molecule has 0 radical (unpaired) electrons. The molecular formula is C13H24N2O2. The Morgan fingerprint density at radius 1 is 1.47 bits per heavy atom. The van der Waals surface area contributed by atoms with E-state index >= 15 is 0 Å². The van der Waals surface area contributed by atoms with Crippen LogP contribution in [0, 0.1) is 11.3 Å². The predicted molar refractivity (Wildman–Crippen MR) is 66.5 cm³/mol. The molecule has 0 aromatic heterocycles. The number of amides is 1. The van der Waals surface area contributed by atoms with Gasteiger partial charge in [0.05, 0.1) is 12.0 Å². The van der Waals surface area contributed by atoms with E-state index in [1.807, 2.05) is 0 Å². The monoisotopic (exact) mass is 240 g/mol. The second kappa shape index (κ2) is 4.94. The molecule has 3 atom stereocenters. The number of hydrogen-bond acceptors (Lipinski definition) is 3. The fraction of sp³-hybridized carbons (Fsp3) is 0.923. The molecule has 3 N–H and O–H groups in total. The highest BCUT2D eigenvalue weighted by Crippen LogP contribution is 2.39. The van der Waals surface area contributed by atoms with Crippen LogP contribution in [0.5, 0.6) is 0 Å². The van der Waals surface area contributed by atoms with Crippen LogP contribution in [0.1, 0.15) is 39.0 Å². The van der Waals surface area contributed by atoms with E-state index in [9.17, 15) is 4.79 Å². The number of carbonyl (C=O) groups excluding carboxylic acids is 1. The third kappa shape index (κ3) is 2.80. The first kappa shape index (κ1) is 12.8. The maximum Gasteiger partial charge on any atom is 0.224 e. The first-order valence-corrected chi connectivity index (χ1v) is 6.60. The van der Waals surface area contributed by atoms with Crippen LogP contribution in [0.4, 0.5) is 0 Å². The van der Waals surface area contributed by atoms with Crippen LogP contribution in [-0.4, -0.2) is 31.7 Å². The molecule has 2 rings (SSSR count). The van der Waals surface area contributed by atoms with Crippen LogP contribution in [-0.2, 0) is 9.53 Å². The number of carbonyl (C=O) groups is 1. The molecule has 0 aromatic carbocycles. The van der Waals surface area contributed by atoms with Gasteiger partial charge in [0.15, 0.2) is 0 Å². The number of nitrogens with two attached hydrogens (primary N) is 1. The number of nitrogens with one attached hydrogen (secondary N) is 1. The van der Waals surface area contributed by atoms with Crippen molar-refractivity contribution in [3.05, 3.63) is 0 Å². The van der Waals surface area contributed by atoms with Gasteiger partial charge in [-0.3, -0.25) is 4.79 Å². The fourth-order valence-corrected chi connectivity index (χ4v) is 2.90. The Balaban J connectivity index is 1.79. The highest BCUT2D eigenvalue weighted by molar-refractivity contribution is 5.79. The van der Waals surface area contributed by atoms with Gasteiger partial charge in [0.25, 0.3) is 0 Å². The van der Waals surface area contributed by atoms with E-state index in [0.29, 0.717) is 5.41 Å². The summed E-state index contributed by atoms with van der Waals surface area (Å²) in [6.07, 6.45) is 5.46. The van der Waals surface area contributed by atoms with Crippen LogP contribution in [0.15, 0.2) is 0 Å². The first-order chi connectivity index (χ1) is 8.04. The zero-order valence-electron chi connectivity index (χ0n) is 10.9. The molecule has 0 spiro atoms. The van der Waals surface area contributed by atoms with E-state index < -0.39 is 0 Å². The molecule has 0 bridgehead atoms. The van der Waals surface area contributed by atoms with Crippen molar-refractivity contribution in [2.24, 2.45) is 17.1 Å². The minimum Gasteiger partial charge on any atom is -0.381 e. The minimum atomic E-state index is -0.0661. The van der Waals surface area contributed by atoms with Gasteiger partial charge in [-0.25, -0.2) is 0 Å². The molecule has 0 heterocycles. The second-order valence-corrected chi connectivity index (χ2v) is 5.98. The third-order valence-electron chi connectivity index (χ3n) is 4.49. The topological polar surface area (TPSA) is 64.3 Å². The summed E-state index contributed by atoms with van der Waals surface area (Å²) in [5.41, 5.74) is 6.32. The number of rotatable bonds is 4. The number of hydrogen-bond donors (Lipinski definition) is 2. The van der Waals surface area contributed by atoms with Gasteiger partial charge in [-0.2, -0.15) is 0 Å². The van der Waals surface area contributed by atoms with Crippen molar-refractivity contribution in [3.8, 4) is 0 Å². The van der Waals surface area contributed by atoms with Gasteiger partial charge in [-0.05, 0) is 31.1 Å². The van der Waals surface area contributed by atoms with Crippen molar-refractivity contribution in [1.82, 2.24) is 5.32 Å². The molecule has 0 saturated heterocycles. The molecule has 2 aliphatic rings. The van der Waals surface area contributed by atoms with Crippen molar-refractivity contribution < 1.29 is 9.53 Å². The van der Waals surface area contributed by atoms with Crippen molar-refractivity contribution >= 4 is 5.91 Å². The summed E-state index contributed by atoms with van der Waals surface area (Å²) in [6.45, 7) is 3.04. The summed E-state index contributed by atoms with van der Waals surface area (Å²) in [5.74, 6) is 0.0498. The predicted octanol–water partition coefficient (Wildman–Crippen LogP) is 1.05. The highest BCUT2D eigenvalue weighted by Gasteiger charge is 2.38. The molecule has 1 amide bonds. The van der Waals surface area contributed by atoms with Crippen LogP contribution >= 0.6 is 0 Å². The van der Waals surface area contributed by atoms with E-state index in [1.54, 1.807) is 7.11 Å². The summed E-state index contributed by atoms with van der Waals surface area (Å²) >= 11 is 0. The van der Waals surface area contributed by atoms with Crippen LogP contribution in [0.25, 0.3) is 0 Å². The molecular weight excluding hydrogens is 216 g/mol. The standard InChI is InChI=1S/C13H24N2O2/c1-13(4-3-5-13)8-15-12(16)10-6-9(17-2)7-11(10)14/h9-11H,3-8,14H2,1-2H3,(H,15,16)/t9-,10-,11+/m0/s1. The van der Waals surface area contributed by atoms with Gasteiger partial charge in [0.1, 0.15) is 0 Å². The Labute approximate surface area is 103 Å². The molecule has 2 aliphatic carbocycles. The first-order valence-electron chi connectivity index (χ1n) is 6.60. The quantitative estimate of drug-likeness (QED) is 0.772. The zero-order chi connectivity index (χ0) is 12.5. The minimum absolute atomic E-state index is 0.0471. The Kier molecular flexibility index (Phi) is 3.73. The molecule has 2 fully saturated rings. The Morgan fingerprint density at radius 2 is 2.18 bits per heavy atom. The Morgan fingerprint density at radius 3 is 2.65 bits per heavy atom. The molecule has 17 heavy (non-hydrogen) atoms. The lowest BCUT2D eigenvalue weighted by molar-refractivity contribution is -0.126. The fourth-order valence-electron chi connectivity index (χ4n) is 2.90. The smallest absolute Gasteiger partial charge is 0.224 e. The zero-order valence-corrected chi connectivity index (χ0v) is 10.9. The maximum atomic E-state index is 12.1. The Bertz CT molecular complexity index is 289. The van der Waals surface area contributed by atoms with Crippen molar-refractivity contribution in [2.75, 3.05) is 13.7 Å². The SMILES string of the molecule is CO[C@@H]1C[C@@H](N)[C@@H](C(=O)NCC2(C)CCC2)C1. The molecule has 4 heteroatoms. The van der Waals surface area contributed by atoms with Crippen molar-refractivity contribution in [1.29, 1.82) is 0 Å². The molecule has 98 valence electrons. The largest absolute Gasteiger partial charge is 0.381 e. The van der Waals surface area contributed by atoms with E-state index in [0.717, 1.165) is 19.4 Å². The van der Waals surface area contributed by atoms with E-state index in [4.69, 9.17) is 10.5 Å². The average Bonchev–Trinajstić information content (AvgIpc) is 2.65. The molecule has 4 nitrogen and oxygen atoms in total. The highest BCUT2D eigenvalue weighted by atomic mass is 16.5. The molecule has 0 aromatic rings. The molecule has 0 aliphatic heterocycles. The van der Waals surface area contributed by atoms with Gasteiger partial charge < -0.3 is 15.8 Å². The number of ether oxygens (including phenoxy) is 1.